The summed E-state index contributed by atoms with van der Waals surface area (Å²) in [5, 5.41) is 0. The Morgan fingerprint density at radius 2 is 2.00 bits per heavy atom. The largest absolute Gasteiger partial charge is 0.497 e. The molecule has 0 unspecified atom stereocenters. The summed E-state index contributed by atoms with van der Waals surface area (Å²) >= 11 is 0. The number of nitrogens with two attached hydrogens (primary N) is 1. The highest BCUT2D eigenvalue weighted by molar-refractivity contribution is 5.49. The lowest BCUT2D eigenvalue weighted by atomic mass is 10.2. The van der Waals surface area contributed by atoms with Crippen LogP contribution in [0.2, 0.25) is 0 Å². The number of benzene rings is 1. The first-order chi connectivity index (χ1) is 10.2. The molecular weight excluding hydrogens is 264 g/mol. The molecule has 0 aliphatic rings. The minimum absolute atomic E-state index is 0.705. The number of hydrogen-bond donors (Lipinski definition) is 1. The molecule has 114 valence electrons. The number of aromatic nitrogens is 2. The van der Waals surface area contributed by atoms with Crippen molar-refractivity contribution in [3.05, 3.63) is 42.5 Å². The molecule has 0 amide bonds. The van der Waals surface area contributed by atoms with Gasteiger partial charge in [-0.15, -0.1) is 0 Å². The zero-order valence-corrected chi connectivity index (χ0v) is 12.8. The second-order valence-corrected chi connectivity index (χ2v) is 5.00. The molecule has 1 heterocycles. The van der Waals surface area contributed by atoms with Crippen LogP contribution in [0.3, 0.4) is 0 Å². The summed E-state index contributed by atoms with van der Waals surface area (Å²) in [4.78, 5) is 6.61. The van der Waals surface area contributed by atoms with Crippen LogP contribution in [0, 0.1) is 6.92 Å². The van der Waals surface area contributed by atoms with E-state index in [4.69, 9.17) is 10.5 Å². The highest BCUT2D eigenvalue weighted by atomic mass is 16.5. The zero-order chi connectivity index (χ0) is 15.1. The fraction of sp³-hybridized carbons (Fsp3) is 0.438. The van der Waals surface area contributed by atoms with Crippen LogP contribution in [0.4, 0.5) is 5.69 Å². The molecule has 2 N–H and O–H groups in total. The Morgan fingerprint density at radius 3 is 2.57 bits per heavy atom. The molecule has 0 saturated carbocycles. The maximum absolute atomic E-state index is 5.65. The number of methoxy groups -OCH3 is 1. The van der Waals surface area contributed by atoms with Gasteiger partial charge < -0.3 is 19.9 Å². The third kappa shape index (κ3) is 4.23. The number of anilines is 1. The molecule has 1 aromatic heterocycles. The third-order valence-electron chi connectivity index (χ3n) is 3.60. The van der Waals surface area contributed by atoms with E-state index in [0.29, 0.717) is 6.54 Å². The van der Waals surface area contributed by atoms with Crippen molar-refractivity contribution >= 4 is 5.69 Å². The van der Waals surface area contributed by atoms with E-state index in [9.17, 15) is 0 Å². The SMILES string of the molecule is COc1ccc(N(CCCN)CCn2ccnc2C)cc1. The summed E-state index contributed by atoms with van der Waals surface area (Å²) < 4.78 is 7.38. The molecule has 5 nitrogen and oxygen atoms in total. The van der Waals surface area contributed by atoms with Crippen molar-refractivity contribution in [2.75, 3.05) is 31.6 Å². The van der Waals surface area contributed by atoms with E-state index in [2.05, 4.69) is 26.6 Å². The van der Waals surface area contributed by atoms with Gasteiger partial charge in [0.25, 0.3) is 0 Å². The maximum Gasteiger partial charge on any atom is 0.119 e. The van der Waals surface area contributed by atoms with E-state index >= 15 is 0 Å². The summed E-state index contributed by atoms with van der Waals surface area (Å²) in [5.74, 6) is 1.92. The average Bonchev–Trinajstić information content (AvgIpc) is 2.93. The molecule has 0 bridgehead atoms. The van der Waals surface area contributed by atoms with Crippen molar-refractivity contribution in [3.8, 4) is 5.75 Å². The van der Waals surface area contributed by atoms with Gasteiger partial charge in [0, 0.05) is 37.7 Å². The van der Waals surface area contributed by atoms with Gasteiger partial charge in [-0.2, -0.15) is 0 Å². The molecule has 2 aromatic rings. The molecule has 0 spiro atoms. The van der Waals surface area contributed by atoms with Crippen molar-refractivity contribution in [1.82, 2.24) is 9.55 Å². The number of rotatable bonds is 8. The average molecular weight is 288 g/mol. The van der Waals surface area contributed by atoms with Crippen LogP contribution in [0.5, 0.6) is 5.75 Å². The molecule has 0 aliphatic heterocycles. The van der Waals surface area contributed by atoms with Crippen LogP contribution in [-0.4, -0.2) is 36.3 Å². The standard InChI is InChI=1S/C16H24N4O/c1-14-18-9-11-19(14)12-13-20(10-3-8-17)15-4-6-16(21-2)7-5-15/h4-7,9,11H,3,8,10,12-13,17H2,1-2H3. The second-order valence-electron chi connectivity index (χ2n) is 5.00. The van der Waals surface area contributed by atoms with Crippen LogP contribution >= 0.6 is 0 Å². The van der Waals surface area contributed by atoms with E-state index < -0.39 is 0 Å². The summed E-state index contributed by atoms with van der Waals surface area (Å²) in [5.41, 5.74) is 6.85. The Kier molecular flexibility index (Phi) is 5.63. The first-order valence-electron chi connectivity index (χ1n) is 7.31. The van der Waals surface area contributed by atoms with Gasteiger partial charge in [0.2, 0.25) is 0 Å². The Morgan fingerprint density at radius 1 is 1.24 bits per heavy atom. The lowest BCUT2D eigenvalue weighted by Gasteiger charge is -2.25. The summed E-state index contributed by atoms with van der Waals surface area (Å²) in [7, 11) is 1.68. The van der Waals surface area contributed by atoms with Gasteiger partial charge in [-0.25, -0.2) is 4.98 Å². The highest BCUT2D eigenvalue weighted by Gasteiger charge is 2.07. The van der Waals surface area contributed by atoms with Crippen LogP contribution in [0.1, 0.15) is 12.2 Å². The minimum Gasteiger partial charge on any atom is -0.497 e. The molecule has 0 fully saturated rings. The zero-order valence-electron chi connectivity index (χ0n) is 12.8. The Hall–Kier alpha value is -2.01. The molecule has 5 heteroatoms. The fourth-order valence-corrected chi connectivity index (χ4v) is 2.31. The van der Waals surface area contributed by atoms with Gasteiger partial charge >= 0.3 is 0 Å². The summed E-state index contributed by atoms with van der Waals surface area (Å²) in [6.07, 6.45) is 4.84. The minimum atomic E-state index is 0.705. The molecular formula is C16H24N4O. The lowest BCUT2D eigenvalue weighted by molar-refractivity contribution is 0.415. The van der Waals surface area contributed by atoms with Gasteiger partial charge in [-0.05, 0) is 44.2 Å². The number of ether oxygens (including phenoxy) is 1. The monoisotopic (exact) mass is 288 g/mol. The maximum atomic E-state index is 5.65. The first-order valence-corrected chi connectivity index (χ1v) is 7.31. The first kappa shape index (κ1) is 15.4. The van der Waals surface area contributed by atoms with Gasteiger partial charge in [-0.1, -0.05) is 0 Å². The predicted molar refractivity (Wildman–Crippen MR) is 85.8 cm³/mol. The number of imidazole rings is 1. The van der Waals surface area contributed by atoms with E-state index in [0.717, 1.165) is 37.6 Å². The Balaban J connectivity index is 2.04. The predicted octanol–water partition coefficient (Wildman–Crippen LogP) is 2.06. The number of aryl methyl sites for hydroxylation is 1. The fourth-order valence-electron chi connectivity index (χ4n) is 2.31. The van der Waals surface area contributed by atoms with Crippen molar-refractivity contribution in [2.45, 2.75) is 19.9 Å². The van der Waals surface area contributed by atoms with Crippen molar-refractivity contribution in [3.63, 3.8) is 0 Å². The highest BCUT2D eigenvalue weighted by Crippen LogP contribution is 2.19. The van der Waals surface area contributed by atoms with E-state index in [1.165, 1.54) is 5.69 Å². The summed E-state index contributed by atoms with van der Waals surface area (Å²) in [6, 6.07) is 8.17. The van der Waals surface area contributed by atoms with Gasteiger partial charge in [0.1, 0.15) is 11.6 Å². The van der Waals surface area contributed by atoms with Crippen LogP contribution in [0.25, 0.3) is 0 Å². The molecule has 2 rings (SSSR count). The van der Waals surface area contributed by atoms with E-state index in [1.807, 2.05) is 31.5 Å². The smallest absolute Gasteiger partial charge is 0.119 e. The van der Waals surface area contributed by atoms with E-state index in [-0.39, 0.29) is 0 Å². The normalized spacial score (nSPS) is 10.6. The van der Waals surface area contributed by atoms with Crippen LogP contribution in [-0.2, 0) is 6.54 Å². The summed E-state index contributed by atoms with van der Waals surface area (Å²) in [6.45, 7) is 5.54. The molecule has 0 aliphatic carbocycles. The lowest BCUT2D eigenvalue weighted by Crippen LogP contribution is -2.29. The number of nitrogens with zero attached hydrogens (tertiary/aromatic N) is 3. The van der Waals surface area contributed by atoms with Gasteiger partial charge in [0.05, 0.1) is 7.11 Å². The Bertz CT molecular complexity index is 535. The Labute approximate surface area is 126 Å². The van der Waals surface area contributed by atoms with Crippen LogP contribution < -0.4 is 15.4 Å². The molecule has 0 saturated heterocycles. The van der Waals surface area contributed by atoms with E-state index in [1.54, 1.807) is 7.11 Å². The molecule has 0 radical (unpaired) electrons. The molecule has 21 heavy (non-hydrogen) atoms. The van der Waals surface area contributed by atoms with Gasteiger partial charge in [0.15, 0.2) is 0 Å². The van der Waals surface area contributed by atoms with Gasteiger partial charge in [-0.3, -0.25) is 0 Å². The molecule has 0 atom stereocenters. The topological polar surface area (TPSA) is 56.3 Å². The van der Waals surface area contributed by atoms with Crippen molar-refractivity contribution in [1.29, 1.82) is 0 Å². The van der Waals surface area contributed by atoms with Crippen molar-refractivity contribution in [2.24, 2.45) is 5.73 Å². The van der Waals surface area contributed by atoms with Crippen LogP contribution in [0.15, 0.2) is 36.7 Å². The second kappa shape index (κ2) is 7.69. The third-order valence-corrected chi connectivity index (χ3v) is 3.60. The number of hydrogen-bond acceptors (Lipinski definition) is 4. The van der Waals surface area contributed by atoms with Crippen molar-refractivity contribution < 1.29 is 4.74 Å². The quantitative estimate of drug-likeness (QED) is 0.808. The molecule has 1 aromatic carbocycles.